The molecule has 3 aliphatic carbocycles. The van der Waals surface area contributed by atoms with Gasteiger partial charge >= 0.3 is 0 Å². The molecule has 3 atom stereocenters. The highest BCUT2D eigenvalue weighted by Gasteiger charge is 2.64. The van der Waals surface area contributed by atoms with Gasteiger partial charge in [-0.15, -0.1) is 0 Å². The molecule has 0 aliphatic heterocycles. The Morgan fingerprint density at radius 2 is 1.13 bits per heavy atom. The monoisotopic (exact) mass is 212 g/mol. The van der Waals surface area contributed by atoms with Crippen molar-refractivity contribution in [3.63, 3.8) is 0 Å². The van der Waals surface area contributed by atoms with Crippen LogP contribution in [-0.4, -0.2) is 33.6 Å². The molecule has 0 amide bonds. The van der Waals surface area contributed by atoms with Crippen molar-refractivity contribution in [2.24, 2.45) is 10.8 Å². The summed E-state index contributed by atoms with van der Waals surface area (Å²) >= 11 is 0. The Bertz CT molecular complexity index is 268. The SMILES string of the molecule is OC1CCC2(C1)CC(O)CC21CC(O)C1. The second kappa shape index (κ2) is 2.96. The number of hydrogen-bond donors (Lipinski definition) is 3. The van der Waals surface area contributed by atoms with E-state index in [1.165, 1.54) is 0 Å². The highest BCUT2D eigenvalue weighted by Crippen LogP contribution is 2.69. The Labute approximate surface area is 90.1 Å². The fraction of sp³-hybridized carbons (Fsp3) is 1.00. The fourth-order valence-corrected chi connectivity index (χ4v) is 4.61. The van der Waals surface area contributed by atoms with Gasteiger partial charge in [-0.25, -0.2) is 0 Å². The number of fused-ring (bicyclic) bond motifs is 1. The van der Waals surface area contributed by atoms with Gasteiger partial charge in [-0.1, -0.05) is 0 Å². The van der Waals surface area contributed by atoms with Crippen LogP contribution in [0, 0.1) is 10.8 Å². The maximum atomic E-state index is 9.86. The third-order valence-electron chi connectivity index (χ3n) is 5.21. The second-order valence-corrected chi connectivity index (χ2v) is 6.08. The van der Waals surface area contributed by atoms with Gasteiger partial charge in [0.25, 0.3) is 0 Å². The lowest BCUT2D eigenvalue weighted by molar-refractivity contribution is -0.103. The third-order valence-corrected chi connectivity index (χ3v) is 5.21. The summed E-state index contributed by atoms with van der Waals surface area (Å²) in [5.41, 5.74) is 0.300. The topological polar surface area (TPSA) is 60.7 Å². The summed E-state index contributed by atoms with van der Waals surface area (Å²) in [6.45, 7) is 0. The first-order valence-electron chi connectivity index (χ1n) is 6.10. The zero-order valence-corrected chi connectivity index (χ0v) is 9.02. The third kappa shape index (κ3) is 1.23. The molecular weight excluding hydrogens is 192 g/mol. The van der Waals surface area contributed by atoms with Crippen molar-refractivity contribution in [1.29, 1.82) is 0 Å². The molecule has 0 bridgehead atoms. The van der Waals surface area contributed by atoms with E-state index in [0.717, 1.165) is 44.9 Å². The smallest absolute Gasteiger partial charge is 0.0551 e. The van der Waals surface area contributed by atoms with Crippen LogP contribution in [-0.2, 0) is 0 Å². The van der Waals surface area contributed by atoms with Crippen LogP contribution >= 0.6 is 0 Å². The van der Waals surface area contributed by atoms with Gasteiger partial charge in [0, 0.05) is 0 Å². The second-order valence-electron chi connectivity index (χ2n) is 6.08. The van der Waals surface area contributed by atoms with Crippen LogP contribution in [0.4, 0.5) is 0 Å². The van der Waals surface area contributed by atoms with Crippen LogP contribution in [0.2, 0.25) is 0 Å². The van der Waals surface area contributed by atoms with Gasteiger partial charge in [-0.3, -0.25) is 0 Å². The molecule has 3 unspecified atom stereocenters. The summed E-state index contributed by atoms with van der Waals surface area (Å²) in [5, 5.41) is 29.1. The van der Waals surface area contributed by atoms with Crippen molar-refractivity contribution in [2.45, 2.75) is 63.3 Å². The molecule has 0 aromatic heterocycles. The zero-order chi connectivity index (χ0) is 10.7. The van der Waals surface area contributed by atoms with E-state index in [9.17, 15) is 15.3 Å². The molecule has 3 nitrogen and oxygen atoms in total. The first-order chi connectivity index (χ1) is 7.05. The molecular formula is C12H20O3. The van der Waals surface area contributed by atoms with E-state index in [-0.39, 0.29) is 29.1 Å². The van der Waals surface area contributed by atoms with Crippen molar-refractivity contribution in [1.82, 2.24) is 0 Å². The Morgan fingerprint density at radius 3 is 1.60 bits per heavy atom. The zero-order valence-electron chi connectivity index (χ0n) is 9.02. The van der Waals surface area contributed by atoms with Crippen LogP contribution in [0.15, 0.2) is 0 Å². The van der Waals surface area contributed by atoms with Crippen molar-refractivity contribution in [3.05, 3.63) is 0 Å². The molecule has 3 fully saturated rings. The van der Waals surface area contributed by atoms with Crippen molar-refractivity contribution in [2.75, 3.05) is 0 Å². The summed E-state index contributed by atoms with van der Waals surface area (Å²) < 4.78 is 0. The van der Waals surface area contributed by atoms with Crippen molar-refractivity contribution in [3.8, 4) is 0 Å². The van der Waals surface area contributed by atoms with Crippen LogP contribution in [0.5, 0.6) is 0 Å². The summed E-state index contributed by atoms with van der Waals surface area (Å²) in [4.78, 5) is 0. The molecule has 0 radical (unpaired) electrons. The van der Waals surface area contributed by atoms with Gasteiger partial charge < -0.3 is 15.3 Å². The predicted molar refractivity (Wildman–Crippen MR) is 55.2 cm³/mol. The van der Waals surface area contributed by atoms with Gasteiger partial charge in [0.1, 0.15) is 0 Å². The van der Waals surface area contributed by atoms with Gasteiger partial charge in [0.2, 0.25) is 0 Å². The minimum atomic E-state index is -0.206. The molecule has 86 valence electrons. The van der Waals surface area contributed by atoms with Gasteiger partial charge in [0.15, 0.2) is 0 Å². The summed E-state index contributed by atoms with van der Waals surface area (Å²) in [5.74, 6) is 0. The lowest BCUT2D eigenvalue weighted by Crippen LogP contribution is -2.49. The van der Waals surface area contributed by atoms with E-state index in [1.54, 1.807) is 0 Å². The van der Waals surface area contributed by atoms with Gasteiger partial charge in [-0.2, -0.15) is 0 Å². The maximum Gasteiger partial charge on any atom is 0.0551 e. The fourth-order valence-electron chi connectivity index (χ4n) is 4.61. The van der Waals surface area contributed by atoms with Crippen molar-refractivity contribution >= 4 is 0 Å². The van der Waals surface area contributed by atoms with E-state index >= 15 is 0 Å². The molecule has 3 heteroatoms. The molecule has 3 aliphatic rings. The average molecular weight is 212 g/mol. The normalized spacial score (nSPS) is 59.0. The number of aliphatic hydroxyl groups is 3. The maximum absolute atomic E-state index is 9.86. The lowest BCUT2D eigenvalue weighted by Gasteiger charge is -2.53. The molecule has 0 aromatic rings. The van der Waals surface area contributed by atoms with Crippen LogP contribution < -0.4 is 0 Å². The van der Waals surface area contributed by atoms with Crippen molar-refractivity contribution < 1.29 is 15.3 Å². The minimum absolute atomic E-state index is 0.144. The lowest BCUT2D eigenvalue weighted by atomic mass is 9.53. The summed E-state index contributed by atoms with van der Waals surface area (Å²) in [6, 6.07) is 0. The van der Waals surface area contributed by atoms with E-state index in [2.05, 4.69) is 0 Å². The number of rotatable bonds is 0. The van der Waals surface area contributed by atoms with Gasteiger partial charge in [0.05, 0.1) is 18.3 Å². The van der Waals surface area contributed by atoms with Gasteiger partial charge in [-0.05, 0) is 55.8 Å². The van der Waals surface area contributed by atoms with E-state index in [0.29, 0.717) is 0 Å². The van der Waals surface area contributed by atoms with E-state index in [4.69, 9.17) is 0 Å². The Balaban J connectivity index is 1.87. The standard InChI is InChI=1S/C12H20O3/c13-8-1-2-11(3-8)4-9(14)5-12(11)6-10(15)7-12/h8-10,13-15H,1-7H2. The molecule has 3 N–H and O–H groups in total. The molecule has 15 heavy (non-hydrogen) atoms. The summed E-state index contributed by atoms with van der Waals surface area (Å²) in [7, 11) is 0. The van der Waals surface area contributed by atoms with E-state index < -0.39 is 0 Å². The highest BCUT2D eigenvalue weighted by atomic mass is 16.3. The molecule has 0 aromatic carbocycles. The average Bonchev–Trinajstić information content (AvgIpc) is 2.56. The Hall–Kier alpha value is -0.120. The number of hydrogen-bond acceptors (Lipinski definition) is 3. The van der Waals surface area contributed by atoms with E-state index in [1.807, 2.05) is 0 Å². The predicted octanol–water partition coefficient (Wildman–Crippen LogP) is 0.813. The first-order valence-corrected chi connectivity index (χ1v) is 6.10. The largest absolute Gasteiger partial charge is 0.393 e. The molecule has 2 spiro atoms. The Kier molecular flexibility index (Phi) is 1.99. The van der Waals surface area contributed by atoms with Crippen LogP contribution in [0.25, 0.3) is 0 Å². The minimum Gasteiger partial charge on any atom is -0.393 e. The Morgan fingerprint density at radius 1 is 0.667 bits per heavy atom. The molecule has 0 heterocycles. The molecule has 3 saturated carbocycles. The molecule has 0 saturated heterocycles. The summed E-state index contributed by atoms with van der Waals surface area (Å²) in [6.07, 6.45) is 5.60. The van der Waals surface area contributed by atoms with Crippen LogP contribution in [0.1, 0.15) is 44.9 Å². The van der Waals surface area contributed by atoms with Crippen LogP contribution in [0.3, 0.4) is 0 Å². The molecule has 3 rings (SSSR count). The first kappa shape index (κ1) is 10.1. The quantitative estimate of drug-likeness (QED) is 0.557. The number of aliphatic hydroxyl groups excluding tert-OH is 3. The highest BCUT2D eigenvalue weighted by molar-refractivity contribution is 5.14.